The Morgan fingerprint density at radius 2 is 1.33 bits per heavy atom. The van der Waals surface area contributed by atoms with E-state index in [9.17, 15) is 19.6 Å². The van der Waals surface area contributed by atoms with Crippen molar-refractivity contribution in [3.63, 3.8) is 0 Å². The monoisotopic (exact) mass is 560 g/mol. The van der Waals surface area contributed by atoms with E-state index in [-0.39, 0.29) is 35.8 Å². The van der Waals surface area contributed by atoms with Crippen LogP contribution in [0.15, 0.2) is 127 Å². The van der Waals surface area contributed by atoms with E-state index in [1.807, 2.05) is 91.0 Å². The molecule has 5 aromatic rings. The Morgan fingerprint density at radius 3 is 1.83 bits per heavy atom. The van der Waals surface area contributed by atoms with E-state index in [2.05, 4.69) is 10.6 Å². The van der Waals surface area contributed by atoms with Crippen molar-refractivity contribution in [1.29, 1.82) is 5.41 Å². The van der Waals surface area contributed by atoms with Crippen molar-refractivity contribution in [1.82, 2.24) is 0 Å². The summed E-state index contributed by atoms with van der Waals surface area (Å²) in [6, 6.07) is 38.2. The minimum absolute atomic E-state index is 0.0312. The third-order valence-corrected chi connectivity index (χ3v) is 7.11. The number of aliphatic hydroxyl groups is 1. The molecular weight excluding hydrogens is 531 g/mol. The Labute approximate surface area is 243 Å². The van der Waals surface area contributed by atoms with Gasteiger partial charge in [-0.2, -0.15) is 0 Å². The van der Waals surface area contributed by atoms with E-state index >= 15 is 0 Å². The minimum Gasteiger partial charge on any atom is -0.395 e. The molecule has 0 radical (unpaired) electrons. The Balaban J connectivity index is 1.72. The summed E-state index contributed by atoms with van der Waals surface area (Å²) in [4.78, 5) is 11.3. The van der Waals surface area contributed by atoms with Crippen LogP contribution in [-0.2, 0) is 5.54 Å². The predicted molar refractivity (Wildman–Crippen MR) is 164 cm³/mol. The molecule has 0 atom stereocenters. The molecule has 0 aliphatic heterocycles. The van der Waals surface area contributed by atoms with Gasteiger partial charge in [-0.05, 0) is 41.0 Å². The van der Waals surface area contributed by atoms with Gasteiger partial charge < -0.3 is 15.7 Å². The lowest BCUT2D eigenvalue weighted by molar-refractivity contribution is -0.384. The number of nitrogens with one attached hydrogen (secondary N) is 3. The number of hydrogen-bond donors (Lipinski definition) is 4. The number of aliphatic hydroxyl groups excluding tert-OH is 1. The molecule has 0 aliphatic rings. The topological polar surface area (TPSA) is 111 Å². The third-order valence-electron chi connectivity index (χ3n) is 7.11. The zero-order valence-electron chi connectivity index (χ0n) is 22.6. The van der Waals surface area contributed by atoms with Gasteiger partial charge in [0.15, 0.2) is 0 Å². The summed E-state index contributed by atoms with van der Waals surface area (Å²) in [7, 11) is 0. The van der Waals surface area contributed by atoms with Gasteiger partial charge in [0.05, 0.1) is 22.9 Å². The highest BCUT2D eigenvalue weighted by Crippen LogP contribution is 2.41. The Hall–Kier alpha value is -5.34. The number of anilines is 2. The molecule has 4 N–H and O–H groups in total. The lowest BCUT2D eigenvalue weighted by Crippen LogP contribution is -2.38. The van der Waals surface area contributed by atoms with Gasteiger partial charge in [-0.25, -0.2) is 4.39 Å². The lowest BCUT2D eigenvalue weighted by atomic mass is 9.76. The van der Waals surface area contributed by atoms with E-state index in [0.717, 1.165) is 16.7 Å². The van der Waals surface area contributed by atoms with Crippen LogP contribution in [0, 0.1) is 21.3 Å². The summed E-state index contributed by atoms with van der Waals surface area (Å²) < 4.78 is 14.5. The Bertz CT molecular complexity index is 1600. The molecule has 0 amide bonds. The normalized spacial score (nSPS) is 11.1. The molecule has 0 saturated heterocycles. The highest BCUT2D eigenvalue weighted by molar-refractivity contribution is 6.15. The van der Waals surface area contributed by atoms with Crippen LogP contribution in [0.3, 0.4) is 0 Å². The third kappa shape index (κ3) is 5.61. The minimum atomic E-state index is -0.939. The molecule has 42 heavy (non-hydrogen) atoms. The van der Waals surface area contributed by atoms with Crippen molar-refractivity contribution >= 4 is 22.8 Å². The van der Waals surface area contributed by atoms with Gasteiger partial charge in [-0.15, -0.1) is 0 Å². The standard InChI is InChI=1S/C34H29FN4O3/c35-30-18-16-24(22-32(30)37-20-21-40)33(36)29-23-28(39(41)42)17-19-31(29)38-34(25-10-4-1-5-11-25,26-12-6-2-7-13-26)27-14-8-3-9-15-27/h1-19,22-23,36-38,40H,20-21H2. The van der Waals surface area contributed by atoms with Gasteiger partial charge in [0.25, 0.3) is 5.69 Å². The van der Waals surface area contributed by atoms with Crippen molar-refractivity contribution in [2.75, 3.05) is 23.8 Å². The Kier molecular flexibility index (Phi) is 8.36. The quantitative estimate of drug-likeness (QED) is 0.0604. The first-order chi connectivity index (χ1) is 20.4. The molecule has 5 aromatic carbocycles. The number of nitro groups is 1. The Morgan fingerprint density at radius 1 is 0.786 bits per heavy atom. The van der Waals surface area contributed by atoms with Gasteiger partial charge in [0.2, 0.25) is 0 Å². The molecule has 7 nitrogen and oxygen atoms in total. The lowest BCUT2D eigenvalue weighted by Gasteiger charge is -2.38. The van der Waals surface area contributed by atoms with Crippen LogP contribution in [-0.4, -0.2) is 28.9 Å². The molecule has 0 aliphatic carbocycles. The SMILES string of the molecule is N=C(c1ccc(F)c(NCCO)c1)c1cc([N+](=O)[O-])ccc1NC(c1ccccc1)(c1ccccc1)c1ccccc1. The molecule has 5 rings (SSSR count). The van der Waals surface area contributed by atoms with Crippen LogP contribution >= 0.6 is 0 Å². The molecule has 0 bridgehead atoms. The molecule has 0 saturated carbocycles. The second-order valence-electron chi connectivity index (χ2n) is 9.68. The maximum Gasteiger partial charge on any atom is 0.270 e. The van der Waals surface area contributed by atoms with Crippen LogP contribution in [0.4, 0.5) is 21.5 Å². The fraction of sp³-hybridized carbons (Fsp3) is 0.0882. The smallest absolute Gasteiger partial charge is 0.270 e. The van der Waals surface area contributed by atoms with Crippen LogP contribution < -0.4 is 10.6 Å². The summed E-state index contributed by atoms with van der Waals surface area (Å²) in [5, 5.41) is 36.7. The second kappa shape index (κ2) is 12.4. The van der Waals surface area contributed by atoms with E-state index in [0.29, 0.717) is 11.3 Å². The van der Waals surface area contributed by atoms with Crippen LogP contribution in [0.5, 0.6) is 0 Å². The van der Waals surface area contributed by atoms with E-state index in [4.69, 9.17) is 5.41 Å². The number of nitro benzene ring substituents is 1. The summed E-state index contributed by atoms with van der Waals surface area (Å²) in [6.07, 6.45) is 0. The molecule has 8 heteroatoms. The van der Waals surface area contributed by atoms with Crippen molar-refractivity contribution in [3.8, 4) is 0 Å². The first-order valence-corrected chi connectivity index (χ1v) is 13.4. The van der Waals surface area contributed by atoms with Crippen molar-refractivity contribution in [3.05, 3.63) is 171 Å². The van der Waals surface area contributed by atoms with Crippen LogP contribution in [0.2, 0.25) is 0 Å². The van der Waals surface area contributed by atoms with E-state index < -0.39 is 16.3 Å². The summed E-state index contributed by atoms with van der Waals surface area (Å²) in [5.74, 6) is -0.534. The molecule has 210 valence electrons. The molecule has 0 heterocycles. The summed E-state index contributed by atoms with van der Waals surface area (Å²) in [6.45, 7) is -0.0638. The zero-order chi connectivity index (χ0) is 29.5. The van der Waals surface area contributed by atoms with Crippen LogP contribution in [0.1, 0.15) is 27.8 Å². The summed E-state index contributed by atoms with van der Waals surface area (Å²) in [5.41, 5.74) is 2.87. The predicted octanol–water partition coefficient (Wildman–Crippen LogP) is 6.96. The molecule has 0 unspecified atom stereocenters. The maximum absolute atomic E-state index is 14.5. The van der Waals surface area contributed by atoms with Gasteiger partial charge in [0, 0.05) is 35.5 Å². The summed E-state index contributed by atoms with van der Waals surface area (Å²) >= 11 is 0. The zero-order valence-corrected chi connectivity index (χ0v) is 22.6. The fourth-order valence-corrected chi connectivity index (χ4v) is 5.11. The van der Waals surface area contributed by atoms with Gasteiger partial charge in [-0.3, -0.25) is 15.5 Å². The number of halogens is 1. The first kappa shape index (κ1) is 28.2. The number of non-ortho nitro benzene ring substituents is 1. The largest absolute Gasteiger partial charge is 0.395 e. The van der Waals surface area contributed by atoms with Crippen molar-refractivity contribution in [2.45, 2.75) is 5.54 Å². The van der Waals surface area contributed by atoms with Gasteiger partial charge in [-0.1, -0.05) is 91.0 Å². The molecule has 0 fully saturated rings. The average molecular weight is 561 g/mol. The highest BCUT2D eigenvalue weighted by Gasteiger charge is 2.37. The van der Waals surface area contributed by atoms with Gasteiger partial charge >= 0.3 is 0 Å². The number of hydrogen-bond acceptors (Lipinski definition) is 6. The second-order valence-corrected chi connectivity index (χ2v) is 9.68. The average Bonchev–Trinajstić information content (AvgIpc) is 3.04. The fourth-order valence-electron chi connectivity index (χ4n) is 5.11. The number of benzene rings is 5. The van der Waals surface area contributed by atoms with Crippen LogP contribution in [0.25, 0.3) is 0 Å². The van der Waals surface area contributed by atoms with E-state index in [1.54, 1.807) is 6.07 Å². The van der Waals surface area contributed by atoms with E-state index in [1.165, 1.54) is 30.3 Å². The first-order valence-electron chi connectivity index (χ1n) is 13.4. The highest BCUT2D eigenvalue weighted by atomic mass is 19.1. The number of nitrogens with zero attached hydrogens (tertiary/aromatic N) is 1. The maximum atomic E-state index is 14.5. The van der Waals surface area contributed by atoms with Gasteiger partial charge in [0.1, 0.15) is 11.4 Å². The van der Waals surface area contributed by atoms with Crippen molar-refractivity contribution < 1.29 is 14.4 Å². The molecular formula is C34H29FN4O3. The molecule has 0 aromatic heterocycles. The molecule has 0 spiro atoms. The number of rotatable bonds is 11. The van der Waals surface area contributed by atoms with Crippen molar-refractivity contribution in [2.24, 2.45) is 0 Å².